The second-order valence-electron chi connectivity index (χ2n) is 7.12. The molecule has 0 aliphatic heterocycles. The van der Waals surface area contributed by atoms with Gasteiger partial charge < -0.3 is 15.4 Å². The molecule has 2 aromatic rings. The molecule has 0 radical (unpaired) electrons. The molecule has 8 heteroatoms. The predicted octanol–water partition coefficient (Wildman–Crippen LogP) is 4.80. The van der Waals surface area contributed by atoms with Gasteiger partial charge in [-0.25, -0.2) is 18.4 Å². The van der Waals surface area contributed by atoms with Gasteiger partial charge in [0.1, 0.15) is 17.3 Å². The first-order valence-corrected chi connectivity index (χ1v) is 9.33. The largest absolute Gasteiger partial charge is 0.458 e. The zero-order chi connectivity index (χ0) is 20.9. The third-order valence-electron chi connectivity index (χ3n) is 3.52. The van der Waals surface area contributed by atoms with Crippen molar-refractivity contribution in [2.75, 3.05) is 5.32 Å². The Morgan fingerprint density at radius 3 is 2.21 bits per heavy atom. The van der Waals surface area contributed by atoms with Gasteiger partial charge in [0, 0.05) is 10.9 Å². The van der Waals surface area contributed by atoms with Crippen LogP contribution in [0.25, 0.3) is 0 Å². The molecule has 0 aromatic heterocycles. The Balaban J connectivity index is 2.17. The molecule has 150 valence electrons. The summed E-state index contributed by atoms with van der Waals surface area (Å²) in [6.07, 6.45) is 0.161. The van der Waals surface area contributed by atoms with E-state index in [1.165, 1.54) is 0 Å². The molecule has 0 bridgehead atoms. The summed E-state index contributed by atoms with van der Waals surface area (Å²) in [6.45, 7) is 5.12. The van der Waals surface area contributed by atoms with Gasteiger partial charge in [0.05, 0.1) is 0 Å². The van der Waals surface area contributed by atoms with Crippen LogP contribution in [0.15, 0.2) is 46.9 Å². The van der Waals surface area contributed by atoms with E-state index in [1.54, 1.807) is 45.0 Å². The summed E-state index contributed by atoms with van der Waals surface area (Å²) in [5, 5.41) is 4.55. The number of hydrogen-bond acceptors (Lipinski definition) is 3. The Hall–Kier alpha value is -2.48. The van der Waals surface area contributed by atoms with E-state index in [2.05, 4.69) is 26.6 Å². The van der Waals surface area contributed by atoms with Crippen molar-refractivity contribution >= 4 is 33.6 Å². The van der Waals surface area contributed by atoms with Crippen molar-refractivity contribution in [2.45, 2.75) is 38.8 Å². The monoisotopic (exact) mass is 454 g/mol. The minimum atomic E-state index is -1.04. The molecule has 0 saturated carbocycles. The average Bonchev–Trinajstić information content (AvgIpc) is 2.57. The molecular formula is C20H21BrF2N2O3. The number of urea groups is 1. The van der Waals surface area contributed by atoms with Crippen LogP contribution in [0, 0.1) is 11.6 Å². The van der Waals surface area contributed by atoms with Gasteiger partial charge in [0.25, 0.3) is 0 Å². The maximum atomic E-state index is 13.9. The number of amides is 2. The standard InChI is InChI=1S/C20H21BrF2N2O3/c1-20(2,3)28-18(26)16(9-12-7-5-4-6-8-12)24-19(27)25-17-14(22)10-13(21)11-15(17)23/h4-8,10-11,16H,9H2,1-3H3,(H2,24,25,27)/t16-/m0/s1. The van der Waals surface area contributed by atoms with Gasteiger partial charge in [-0.2, -0.15) is 0 Å². The lowest BCUT2D eigenvalue weighted by Gasteiger charge is -2.25. The van der Waals surface area contributed by atoms with E-state index in [0.717, 1.165) is 17.7 Å². The number of anilines is 1. The van der Waals surface area contributed by atoms with Gasteiger partial charge in [-0.15, -0.1) is 0 Å². The molecular weight excluding hydrogens is 434 g/mol. The molecule has 0 aliphatic rings. The van der Waals surface area contributed by atoms with Crippen molar-refractivity contribution in [1.29, 1.82) is 0 Å². The van der Waals surface area contributed by atoms with Crippen molar-refractivity contribution in [1.82, 2.24) is 5.32 Å². The van der Waals surface area contributed by atoms with Crippen LogP contribution in [0.5, 0.6) is 0 Å². The van der Waals surface area contributed by atoms with E-state index in [4.69, 9.17) is 4.74 Å². The first-order chi connectivity index (χ1) is 13.0. The van der Waals surface area contributed by atoms with Crippen LogP contribution in [0.1, 0.15) is 26.3 Å². The lowest BCUT2D eigenvalue weighted by molar-refractivity contribution is -0.157. The van der Waals surface area contributed by atoms with Crippen LogP contribution < -0.4 is 10.6 Å². The number of hydrogen-bond donors (Lipinski definition) is 2. The fourth-order valence-corrected chi connectivity index (χ4v) is 2.79. The van der Waals surface area contributed by atoms with E-state index >= 15 is 0 Å². The van der Waals surface area contributed by atoms with Gasteiger partial charge in [-0.05, 0) is 38.5 Å². The van der Waals surface area contributed by atoms with Gasteiger partial charge >= 0.3 is 12.0 Å². The minimum absolute atomic E-state index is 0.161. The molecule has 1 atom stereocenters. The molecule has 0 saturated heterocycles. The van der Waals surface area contributed by atoms with Crippen LogP contribution in [-0.4, -0.2) is 23.6 Å². The number of halogens is 3. The quantitative estimate of drug-likeness (QED) is 0.637. The van der Waals surface area contributed by atoms with Crippen molar-refractivity contribution in [2.24, 2.45) is 0 Å². The summed E-state index contributed by atoms with van der Waals surface area (Å²) in [7, 11) is 0. The molecule has 2 amide bonds. The van der Waals surface area contributed by atoms with Crippen LogP contribution in [0.2, 0.25) is 0 Å². The molecule has 0 spiro atoms. The highest BCUT2D eigenvalue weighted by Crippen LogP contribution is 2.23. The molecule has 0 fully saturated rings. The third kappa shape index (κ3) is 6.60. The van der Waals surface area contributed by atoms with Crippen molar-refractivity contribution in [3.63, 3.8) is 0 Å². The highest BCUT2D eigenvalue weighted by atomic mass is 79.9. The number of ether oxygens (including phenoxy) is 1. The normalized spacial score (nSPS) is 12.2. The Labute approximate surface area is 170 Å². The zero-order valence-corrected chi connectivity index (χ0v) is 17.3. The summed E-state index contributed by atoms with van der Waals surface area (Å²) in [4.78, 5) is 24.8. The lowest BCUT2D eigenvalue weighted by atomic mass is 10.1. The molecule has 0 unspecified atom stereocenters. The number of esters is 1. The second-order valence-corrected chi connectivity index (χ2v) is 8.03. The number of nitrogens with one attached hydrogen (secondary N) is 2. The van der Waals surface area contributed by atoms with Crippen LogP contribution >= 0.6 is 15.9 Å². The molecule has 2 aromatic carbocycles. The first kappa shape index (κ1) is 21.8. The molecule has 2 rings (SSSR count). The lowest BCUT2D eigenvalue weighted by Crippen LogP contribution is -2.47. The fraction of sp³-hybridized carbons (Fsp3) is 0.300. The average molecular weight is 455 g/mol. The Morgan fingerprint density at radius 1 is 1.11 bits per heavy atom. The minimum Gasteiger partial charge on any atom is -0.458 e. The number of carbonyl (C=O) groups is 2. The Morgan fingerprint density at radius 2 is 1.68 bits per heavy atom. The summed E-state index contributed by atoms with van der Waals surface area (Å²) in [5.41, 5.74) is -0.573. The zero-order valence-electron chi connectivity index (χ0n) is 15.7. The molecule has 5 nitrogen and oxygen atoms in total. The van der Waals surface area contributed by atoms with E-state index in [-0.39, 0.29) is 10.9 Å². The topological polar surface area (TPSA) is 67.4 Å². The second kappa shape index (κ2) is 9.14. The number of rotatable bonds is 5. The van der Waals surface area contributed by atoms with Crippen LogP contribution in [0.4, 0.5) is 19.3 Å². The molecule has 2 N–H and O–H groups in total. The number of carbonyl (C=O) groups excluding carboxylic acids is 2. The SMILES string of the molecule is CC(C)(C)OC(=O)[C@H](Cc1ccccc1)NC(=O)Nc1c(F)cc(Br)cc1F. The summed E-state index contributed by atoms with van der Waals surface area (Å²) in [6, 6.07) is 9.10. The van der Waals surface area contributed by atoms with E-state index in [1.807, 2.05) is 6.07 Å². The molecule has 28 heavy (non-hydrogen) atoms. The van der Waals surface area contributed by atoms with E-state index in [0.29, 0.717) is 0 Å². The Kier molecular flexibility index (Phi) is 7.12. The number of benzene rings is 2. The molecule has 0 aliphatic carbocycles. The predicted molar refractivity (Wildman–Crippen MR) is 106 cm³/mol. The smallest absolute Gasteiger partial charge is 0.329 e. The van der Waals surface area contributed by atoms with E-state index in [9.17, 15) is 18.4 Å². The third-order valence-corrected chi connectivity index (χ3v) is 3.98. The van der Waals surface area contributed by atoms with Gasteiger partial charge in [-0.1, -0.05) is 46.3 Å². The van der Waals surface area contributed by atoms with Gasteiger partial charge in [0.15, 0.2) is 11.6 Å². The summed E-state index contributed by atoms with van der Waals surface area (Å²) in [5.74, 6) is -2.54. The molecule has 0 heterocycles. The highest BCUT2D eigenvalue weighted by molar-refractivity contribution is 9.10. The van der Waals surface area contributed by atoms with Crippen LogP contribution in [0.3, 0.4) is 0 Å². The van der Waals surface area contributed by atoms with Crippen molar-refractivity contribution in [3.8, 4) is 0 Å². The Bertz CT molecular complexity index is 831. The van der Waals surface area contributed by atoms with Crippen molar-refractivity contribution < 1.29 is 23.1 Å². The van der Waals surface area contributed by atoms with Gasteiger partial charge in [0.2, 0.25) is 0 Å². The maximum Gasteiger partial charge on any atom is 0.329 e. The fourth-order valence-electron chi connectivity index (χ4n) is 2.39. The van der Waals surface area contributed by atoms with E-state index < -0.39 is 41.0 Å². The summed E-state index contributed by atoms with van der Waals surface area (Å²) < 4.78 is 33.4. The maximum absolute atomic E-state index is 13.9. The summed E-state index contributed by atoms with van der Waals surface area (Å²) >= 11 is 2.97. The highest BCUT2D eigenvalue weighted by Gasteiger charge is 2.27. The first-order valence-electron chi connectivity index (χ1n) is 8.54. The van der Waals surface area contributed by atoms with Crippen molar-refractivity contribution in [3.05, 3.63) is 64.1 Å². The van der Waals surface area contributed by atoms with Gasteiger partial charge in [-0.3, -0.25) is 0 Å². The van der Waals surface area contributed by atoms with Crippen LogP contribution in [-0.2, 0) is 16.0 Å².